The summed E-state index contributed by atoms with van der Waals surface area (Å²) in [7, 11) is 0. The Morgan fingerprint density at radius 2 is 1.96 bits per heavy atom. The third-order valence-corrected chi connectivity index (χ3v) is 5.49. The summed E-state index contributed by atoms with van der Waals surface area (Å²) in [5.74, 6) is 0.483. The lowest BCUT2D eigenvalue weighted by Gasteiger charge is -2.32. The van der Waals surface area contributed by atoms with Crippen LogP contribution in [0.25, 0.3) is 0 Å². The highest BCUT2D eigenvalue weighted by Crippen LogP contribution is 2.22. The third kappa shape index (κ3) is 4.77. The van der Waals surface area contributed by atoms with E-state index in [4.69, 9.17) is 17.3 Å². The summed E-state index contributed by atoms with van der Waals surface area (Å²) in [6.07, 6.45) is 2.17. The second-order valence-electron chi connectivity index (χ2n) is 7.10. The van der Waals surface area contributed by atoms with Crippen LogP contribution < -0.4 is 11.1 Å². The monoisotopic (exact) mass is 371 g/mol. The number of anilines is 1. The van der Waals surface area contributed by atoms with Crippen molar-refractivity contribution in [3.8, 4) is 0 Å². The molecule has 26 heavy (non-hydrogen) atoms. The maximum atomic E-state index is 12.4. The highest BCUT2D eigenvalue weighted by molar-refractivity contribution is 6.31. The molecular weight excluding hydrogens is 346 g/mol. The molecule has 0 aromatic heterocycles. The standard InChI is InChI=1S/C21H26ClN3O/c1-15-6-7-18(23)12-19(15)21(26)24-13-16-8-10-25(11-9-16)14-17-4-2-3-5-20(17)22/h2-7,12,16H,8-11,13-14,23H2,1H3,(H,24,26). The van der Waals surface area contributed by atoms with Gasteiger partial charge in [-0.05, 0) is 68.1 Å². The summed E-state index contributed by atoms with van der Waals surface area (Å²) in [4.78, 5) is 14.8. The Kier molecular flexibility index (Phi) is 6.17. The molecule has 0 saturated carbocycles. The number of benzene rings is 2. The molecule has 1 fully saturated rings. The van der Waals surface area contributed by atoms with Gasteiger partial charge in [-0.15, -0.1) is 0 Å². The maximum Gasteiger partial charge on any atom is 0.251 e. The van der Waals surface area contributed by atoms with E-state index in [-0.39, 0.29) is 5.91 Å². The molecule has 0 aliphatic carbocycles. The number of likely N-dealkylation sites (tertiary alicyclic amines) is 1. The molecule has 3 N–H and O–H groups in total. The molecule has 0 atom stereocenters. The zero-order valence-electron chi connectivity index (χ0n) is 15.2. The predicted octanol–water partition coefficient (Wildman–Crippen LogP) is 3.87. The van der Waals surface area contributed by atoms with Crippen molar-refractivity contribution in [2.24, 2.45) is 5.92 Å². The Balaban J connectivity index is 1.46. The van der Waals surface area contributed by atoms with Crippen molar-refractivity contribution in [1.82, 2.24) is 10.2 Å². The van der Waals surface area contributed by atoms with Crippen LogP contribution in [0.15, 0.2) is 42.5 Å². The molecule has 138 valence electrons. The van der Waals surface area contributed by atoms with Gasteiger partial charge in [-0.25, -0.2) is 0 Å². The van der Waals surface area contributed by atoms with Gasteiger partial charge in [0.05, 0.1) is 0 Å². The van der Waals surface area contributed by atoms with Gasteiger partial charge in [-0.1, -0.05) is 35.9 Å². The van der Waals surface area contributed by atoms with E-state index in [1.54, 1.807) is 6.07 Å². The van der Waals surface area contributed by atoms with Gasteiger partial charge in [0, 0.05) is 29.4 Å². The number of rotatable bonds is 5. The summed E-state index contributed by atoms with van der Waals surface area (Å²) in [6.45, 7) is 5.60. The molecule has 5 heteroatoms. The molecule has 1 saturated heterocycles. The first kappa shape index (κ1) is 18.7. The lowest BCUT2D eigenvalue weighted by molar-refractivity contribution is 0.0934. The van der Waals surface area contributed by atoms with Crippen molar-refractivity contribution in [3.63, 3.8) is 0 Å². The molecule has 1 heterocycles. The van der Waals surface area contributed by atoms with Gasteiger partial charge in [-0.3, -0.25) is 9.69 Å². The Morgan fingerprint density at radius 1 is 1.23 bits per heavy atom. The van der Waals surface area contributed by atoms with E-state index in [0.717, 1.165) is 43.1 Å². The first-order valence-electron chi connectivity index (χ1n) is 9.13. The molecule has 0 radical (unpaired) electrons. The van der Waals surface area contributed by atoms with Crippen molar-refractivity contribution in [2.45, 2.75) is 26.3 Å². The first-order chi connectivity index (χ1) is 12.5. The van der Waals surface area contributed by atoms with Crippen LogP contribution in [0.1, 0.15) is 34.3 Å². The minimum Gasteiger partial charge on any atom is -0.399 e. The molecule has 1 aliphatic heterocycles. The van der Waals surface area contributed by atoms with E-state index in [0.29, 0.717) is 23.7 Å². The number of nitrogens with two attached hydrogens (primary N) is 1. The first-order valence-corrected chi connectivity index (χ1v) is 9.51. The summed E-state index contributed by atoms with van der Waals surface area (Å²) in [6, 6.07) is 13.5. The maximum absolute atomic E-state index is 12.4. The SMILES string of the molecule is Cc1ccc(N)cc1C(=O)NCC1CCN(Cc2ccccc2Cl)CC1. The summed E-state index contributed by atoms with van der Waals surface area (Å²) in [5, 5.41) is 3.91. The van der Waals surface area contributed by atoms with Gasteiger partial charge in [-0.2, -0.15) is 0 Å². The van der Waals surface area contributed by atoms with E-state index >= 15 is 0 Å². The molecule has 1 aliphatic rings. The molecular formula is C21H26ClN3O. The van der Waals surface area contributed by atoms with Crippen LogP contribution in [-0.4, -0.2) is 30.4 Å². The number of hydrogen-bond donors (Lipinski definition) is 2. The minimum atomic E-state index is -0.0340. The normalized spacial score (nSPS) is 15.8. The van der Waals surface area contributed by atoms with Gasteiger partial charge in [0.1, 0.15) is 0 Å². The molecule has 0 spiro atoms. The summed E-state index contributed by atoms with van der Waals surface area (Å²) < 4.78 is 0. The molecule has 3 rings (SSSR count). The fourth-order valence-electron chi connectivity index (χ4n) is 3.43. The number of hydrogen-bond acceptors (Lipinski definition) is 3. The third-order valence-electron chi connectivity index (χ3n) is 5.12. The van der Waals surface area contributed by atoms with Crippen LogP contribution in [0.2, 0.25) is 5.02 Å². The quantitative estimate of drug-likeness (QED) is 0.784. The molecule has 0 bridgehead atoms. The number of halogens is 1. The number of amides is 1. The Labute approximate surface area is 160 Å². The second kappa shape index (κ2) is 8.56. The number of nitrogens with one attached hydrogen (secondary N) is 1. The second-order valence-corrected chi connectivity index (χ2v) is 7.50. The van der Waals surface area contributed by atoms with E-state index in [9.17, 15) is 4.79 Å². The molecule has 4 nitrogen and oxygen atoms in total. The van der Waals surface area contributed by atoms with E-state index in [1.807, 2.05) is 37.3 Å². The number of carbonyl (C=O) groups is 1. The van der Waals surface area contributed by atoms with Crippen LogP contribution >= 0.6 is 11.6 Å². The molecule has 2 aromatic carbocycles. The molecule has 2 aromatic rings. The van der Waals surface area contributed by atoms with Gasteiger partial charge in [0.15, 0.2) is 0 Å². The number of carbonyl (C=O) groups excluding carboxylic acids is 1. The number of nitrogens with zero attached hydrogens (tertiary/aromatic N) is 1. The Hall–Kier alpha value is -2.04. The van der Waals surface area contributed by atoms with E-state index in [1.165, 1.54) is 5.56 Å². The van der Waals surface area contributed by atoms with Gasteiger partial charge >= 0.3 is 0 Å². The van der Waals surface area contributed by atoms with Crippen molar-refractivity contribution in [2.75, 3.05) is 25.4 Å². The van der Waals surface area contributed by atoms with Crippen molar-refractivity contribution in [1.29, 1.82) is 0 Å². The number of piperidine rings is 1. The largest absolute Gasteiger partial charge is 0.399 e. The zero-order chi connectivity index (χ0) is 18.5. The van der Waals surface area contributed by atoms with Crippen LogP contribution in [0.3, 0.4) is 0 Å². The van der Waals surface area contributed by atoms with Crippen molar-refractivity contribution < 1.29 is 4.79 Å². The molecule has 1 amide bonds. The van der Waals surface area contributed by atoms with Crippen LogP contribution in [0.4, 0.5) is 5.69 Å². The van der Waals surface area contributed by atoms with E-state index in [2.05, 4.69) is 16.3 Å². The Morgan fingerprint density at radius 3 is 2.69 bits per heavy atom. The van der Waals surface area contributed by atoms with Crippen LogP contribution in [0, 0.1) is 12.8 Å². The van der Waals surface area contributed by atoms with Crippen molar-refractivity contribution in [3.05, 3.63) is 64.2 Å². The average molecular weight is 372 g/mol. The summed E-state index contributed by atoms with van der Waals surface area (Å²) in [5.41, 5.74) is 9.21. The fraction of sp³-hybridized carbons (Fsp3) is 0.381. The smallest absolute Gasteiger partial charge is 0.251 e. The highest BCUT2D eigenvalue weighted by Gasteiger charge is 2.21. The lowest BCUT2D eigenvalue weighted by atomic mass is 9.96. The number of aryl methyl sites for hydroxylation is 1. The topological polar surface area (TPSA) is 58.4 Å². The van der Waals surface area contributed by atoms with Gasteiger partial charge in [0.25, 0.3) is 5.91 Å². The zero-order valence-corrected chi connectivity index (χ0v) is 15.9. The van der Waals surface area contributed by atoms with Crippen molar-refractivity contribution >= 4 is 23.2 Å². The highest BCUT2D eigenvalue weighted by atomic mass is 35.5. The molecule has 0 unspecified atom stereocenters. The lowest BCUT2D eigenvalue weighted by Crippen LogP contribution is -2.38. The van der Waals surface area contributed by atoms with Gasteiger partial charge in [0.2, 0.25) is 0 Å². The van der Waals surface area contributed by atoms with Gasteiger partial charge < -0.3 is 11.1 Å². The Bertz CT molecular complexity index is 770. The number of nitrogen functional groups attached to an aromatic ring is 1. The van der Waals surface area contributed by atoms with E-state index < -0.39 is 0 Å². The average Bonchev–Trinajstić information content (AvgIpc) is 2.65. The summed E-state index contributed by atoms with van der Waals surface area (Å²) >= 11 is 6.26. The predicted molar refractivity (Wildman–Crippen MR) is 107 cm³/mol. The van der Waals surface area contributed by atoms with Crippen LogP contribution in [0.5, 0.6) is 0 Å². The van der Waals surface area contributed by atoms with Crippen LogP contribution in [-0.2, 0) is 6.54 Å². The fourth-order valence-corrected chi connectivity index (χ4v) is 3.63. The minimum absolute atomic E-state index is 0.0340.